The van der Waals surface area contributed by atoms with E-state index >= 15 is 0 Å². The molecular weight excluding hydrogens is 414 g/mol. The molecule has 2 N–H and O–H groups in total. The van der Waals surface area contributed by atoms with Crippen LogP contribution in [0.3, 0.4) is 0 Å². The Labute approximate surface area is 203 Å². The molecule has 0 aliphatic heterocycles. The van der Waals surface area contributed by atoms with E-state index in [4.69, 9.17) is 15.2 Å². The van der Waals surface area contributed by atoms with Gasteiger partial charge in [-0.25, -0.2) is 0 Å². The lowest BCUT2D eigenvalue weighted by Crippen LogP contribution is -2.52. The minimum atomic E-state index is -0.936. The van der Waals surface area contributed by atoms with Crippen LogP contribution in [0.2, 0.25) is 0 Å². The fourth-order valence-electron chi connectivity index (χ4n) is 4.64. The van der Waals surface area contributed by atoms with Crippen molar-refractivity contribution in [3.63, 3.8) is 0 Å². The van der Waals surface area contributed by atoms with Crippen molar-refractivity contribution in [3.8, 4) is 0 Å². The molecule has 5 heteroatoms. The van der Waals surface area contributed by atoms with Crippen molar-refractivity contribution in [1.82, 2.24) is 0 Å². The summed E-state index contributed by atoms with van der Waals surface area (Å²) in [6.07, 6.45) is 21.8. The summed E-state index contributed by atoms with van der Waals surface area (Å²) in [4.78, 5) is 24.9. The van der Waals surface area contributed by atoms with Gasteiger partial charge in [-0.3, -0.25) is 9.59 Å². The fraction of sp³-hybridized carbons (Fsp3) is 0.929. The smallest absolute Gasteiger partial charge is 0.326 e. The predicted octanol–water partition coefficient (Wildman–Crippen LogP) is 7.24. The Morgan fingerprint density at radius 3 is 1.52 bits per heavy atom. The highest BCUT2D eigenvalue weighted by molar-refractivity contribution is 5.81. The Bertz CT molecular complexity index is 500. The van der Waals surface area contributed by atoms with E-state index in [0.29, 0.717) is 38.9 Å². The first-order valence-corrected chi connectivity index (χ1v) is 14.2. The van der Waals surface area contributed by atoms with Gasteiger partial charge in [0.25, 0.3) is 0 Å². The molecule has 0 aromatic heterocycles. The molecule has 0 unspecified atom stereocenters. The van der Waals surface area contributed by atoms with E-state index in [2.05, 4.69) is 13.8 Å². The van der Waals surface area contributed by atoms with E-state index < -0.39 is 5.54 Å². The van der Waals surface area contributed by atoms with E-state index in [0.717, 1.165) is 25.7 Å². The summed E-state index contributed by atoms with van der Waals surface area (Å²) in [7, 11) is 0. The van der Waals surface area contributed by atoms with E-state index in [1.807, 2.05) is 0 Å². The highest BCUT2D eigenvalue weighted by Gasteiger charge is 2.41. The molecule has 0 atom stereocenters. The molecule has 5 nitrogen and oxygen atoms in total. The molecule has 1 fully saturated rings. The lowest BCUT2D eigenvalue weighted by Gasteiger charge is -2.34. The quantitative estimate of drug-likeness (QED) is 0.151. The van der Waals surface area contributed by atoms with Crippen LogP contribution < -0.4 is 5.73 Å². The van der Waals surface area contributed by atoms with Crippen LogP contribution in [0.4, 0.5) is 0 Å². The van der Waals surface area contributed by atoms with Crippen molar-refractivity contribution in [3.05, 3.63) is 0 Å². The summed E-state index contributed by atoms with van der Waals surface area (Å²) in [5.74, 6) is -0.542. The van der Waals surface area contributed by atoms with Gasteiger partial charge in [-0.2, -0.15) is 0 Å². The second kappa shape index (κ2) is 19.2. The van der Waals surface area contributed by atoms with E-state index in [1.165, 1.54) is 77.0 Å². The lowest BCUT2D eigenvalue weighted by atomic mass is 9.77. The van der Waals surface area contributed by atoms with E-state index in [9.17, 15) is 9.59 Å². The molecule has 1 aliphatic rings. The fourth-order valence-corrected chi connectivity index (χ4v) is 4.64. The van der Waals surface area contributed by atoms with Crippen molar-refractivity contribution in [2.24, 2.45) is 11.7 Å². The largest absolute Gasteiger partial charge is 0.465 e. The summed E-state index contributed by atoms with van der Waals surface area (Å²) >= 11 is 0. The third-order valence-corrected chi connectivity index (χ3v) is 7.09. The normalized spacial score (nSPS) is 20.5. The summed E-state index contributed by atoms with van der Waals surface area (Å²) in [6.45, 7) is 5.43. The third kappa shape index (κ3) is 14.0. The maximum absolute atomic E-state index is 12.5. The molecule has 1 saturated carbocycles. The maximum atomic E-state index is 12.5. The second-order valence-corrected chi connectivity index (χ2v) is 10.2. The van der Waals surface area contributed by atoms with E-state index in [1.54, 1.807) is 0 Å². The zero-order valence-electron chi connectivity index (χ0n) is 21.8. The molecule has 1 rings (SSSR count). The van der Waals surface area contributed by atoms with E-state index in [-0.39, 0.29) is 17.9 Å². The summed E-state index contributed by atoms with van der Waals surface area (Å²) in [5.41, 5.74) is 5.41. The lowest BCUT2D eigenvalue weighted by molar-refractivity contribution is -0.156. The van der Waals surface area contributed by atoms with Crippen LogP contribution in [0.25, 0.3) is 0 Å². The van der Waals surface area contributed by atoms with Crippen molar-refractivity contribution in [2.45, 2.75) is 148 Å². The Morgan fingerprint density at radius 2 is 1.06 bits per heavy atom. The van der Waals surface area contributed by atoms with Crippen molar-refractivity contribution < 1.29 is 19.1 Å². The van der Waals surface area contributed by atoms with Crippen molar-refractivity contribution >= 4 is 11.9 Å². The first-order valence-electron chi connectivity index (χ1n) is 14.2. The van der Waals surface area contributed by atoms with Gasteiger partial charge in [0.1, 0.15) is 5.54 Å². The van der Waals surface area contributed by atoms with Gasteiger partial charge in [-0.15, -0.1) is 0 Å². The average Bonchev–Trinajstić information content (AvgIpc) is 2.82. The zero-order chi connectivity index (χ0) is 24.2. The van der Waals surface area contributed by atoms with Gasteiger partial charge in [0.05, 0.1) is 19.1 Å². The first kappa shape index (κ1) is 29.9. The monoisotopic (exact) mass is 467 g/mol. The van der Waals surface area contributed by atoms with Gasteiger partial charge in [-0.1, -0.05) is 104 Å². The summed E-state index contributed by atoms with van der Waals surface area (Å²) < 4.78 is 11.0. The van der Waals surface area contributed by atoms with Crippen molar-refractivity contribution in [2.75, 3.05) is 13.2 Å². The van der Waals surface area contributed by atoms with Crippen LogP contribution in [-0.2, 0) is 19.1 Å². The molecule has 1 aliphatic carbocycles. The highest BCUT2D eigenvalue weighted by Crippen LogP contribution is 2.32. The Kier molecular flexibility index (Phi) is 17.4. The van der Waals surface area contributed by atoms with Crippen LogP contribution in [0, 0.1) is 5.92 Å². The number of unbranched alkanes of at least 4 members (excludes halogenated alkanes) is 14. The van der Waals surface area contributed by atoms with Gasteiger partial charge in [0.15, 0.2) is 0 Å². The van der Waals surface area contributed by atoms with Gasteiger partial charge < -0.3 is 15.2 Å². The summed E-state index contributed by atoms with van der Waals surface area (Å²) in [5, 5.41) is 0. The molecule has 0 aromatic rings. The van der Waals surface area contributed by atoms with Crippen LogP contribution in [0.1, 0.15) is 142 Å². The molecule has 0 bridgehead atoms. The van der Waals surface area contributed by atoms with Gasteiger partial charge in [0, 0.05) is 0 Å². The molecule has 0 heterocycles. The number of carbonyl (C=O) groups excluding carboxylic acids is 2. The highest BCUT2D eigenvalue weighted by atomic mass is 16.5. The van der Waals surface area contributed by atoms with Crippen LogP contribution >= 0.6 is 0 Å². The predicted molar refractivity (Wildman–Crippen MR) is 136 cm³/mol. The summed E-state index contributed by atoms with van der Waals surface area (Å²) in [6, 6.07) is 0. The van der Waals surface area contributed by atoms with Gasteiger partial charge in [0.2, 0.25) is 0 Å². The van der Waals surface area contributed by atoms with Gasteiger partial charge in [-0.05, 0) is 38.5 Å². The first-order chi connectivity index (χ1) is 16.0. The standard InChI is InChI=1S/C28H53NO4/c1-3-5-7-9-11-13-15-17-23-32-26(30)25-19-21-28(29,22-20-25)27(31)33-24-18-16-14-12-10-8-6-4-2/h25H,3-24,29H2,1-2H3. The molecular formula is C28H53NO4. The molecule has 0 saturated heterocycles. The number of nitrogens with two attached hydrogens (primary N) is 1. The van der Waals surface area contributed by atoms with Gasteiger partial charge >= 0.3 is 11.9 Å². The minimum Gasteiger partial charge on any atom is -0.465 e. The second-order valence-electron chi connectivity index (χ2n) is 10.2. The Hall–Kier alpha value is -1.10. The molecule has 0 spiro atoms. The number of hydrogen-bond acceptors (Lipinski definition) is 5. The molecule has 194 valence electrons. The molecule has 0 amide bonds. The molecule has 33 heavy (non-hydrogen) atoms. The molecule has 0 aromatic carbocycles. The number of ether oxygens (including phenoxy) is 2. The van der Waals surface area contributed by atoms with Crippen LogP contribution in [0.15, 0.2) is 0 Å². The molecule has 0 radical (unpaired) electrons. The van der Waals surface area contributed by atoms with Crippen LogP contribution in [0.5, 0.6) is 0 Å². The minimum absolute atomic E-state index is 0.118. The van der Waals surface area contributed by atoms with Crippen molar-refractivity contribution in [1.29, 1.82) is 0 Å². The SMILES string of the molecule is CCCCCCCCCCOC(=O)C1CCC(N)(C(=O)OCCCCCCCCCC)CC1. The topological polar surface area (TPSA) is 78.6 Å². The Morgan fingerprint density at radius 1 is 0.667 bits per heavy atom. The number of esters is 2. The number of carbonyl (C=O) groups is 2. The number of rotatable bonds is 20. The maximum Gasteiger partial charge on any atom is 0.326 e. The zero-order valence-corrected chi connectivity index (χ0v) is 21.8. The number of hydrogen-bond donors (Lipinski definition) is 1. The average molecular weight is 468 g/mol. The van der Waals surface area contributed by atoms with Crippen LogP contribution in [-0.4, -0.2) is 30.7 Å². The Balaban J connectivity index is 2.07. The third-order valence-electron chi connectivity index (χ3n) is 7.09.